The molecule has 8 nitrogen and oxygen atoms in total. The smallest absolute Gasteiger partial charge is 0.325 e. The number of rotatable bonds is 5. The first-order valence-corrected chi connectivity index (χ1v) is 10.8. The van der Waals surface area contributed by atoms with Crippen molar-refractivity contribution in [3.05, 3.63) is 50.1 Å². The molecular weight excluding hydrogens is 467 g/mol. The van der Waals surface area contributed by atoms with Crippen molar-refractivity contribution < 1.29 is 29.4 Å². The number of fused-ring (bicyclic) bond motifs is 1. The van der Waals surface area contributed by atoms with E-state index in [1.807, 2.05) is 0 Å². The summed E-state index contributed by atoms with van der Waals surface area (Å²) in [5, 5.41) is 22.6. The van der Waals surface area contributed by atoms with Crippen molar-refractivity contribution in [2.45, 2.75) is 24.9 Å². The molecule has 2 fully saturated rings. The van der Waals surface area contributed by atoms with Gasteiger partial charge < -0.3 is 10.2 Å². The molecule has 4 atom stereocenters. The number of amides is 2. The van der Waals surface area contributed by atoms with Gasteiger partial charge >= 0.3 is 11.9 Å². The van der Waals surface area contributed by atoms with Gasteiger partial charge in [-0.15, -0.1) is 11.3 Å². The summed E-state index contributed by atoms with van der Waals surface area (Å²) in [7, 11) is 0. The number of nitrogens with zero attached hydrogens (tertiary/aromatic N) is 1. The average Bonchev–Trinajstić information content (AvgIpc) is 3.32. The fourth-order valence-electron chi connectivity index (χ4n) is 4.39. The Hall–Kier alpha value is -2.46. The average molecular weight is 483 g/mol. The molecular formula is C20H16Cl2N2O6S. The molecule has 0 bridgehead atoms. The van der Waals surface area contributed by atoms with Gasteiger partial charge in [0.25, 0.3) is 0 Å². The van der Waals surface area contributed by atoms with Crippen molar-refractivity contribution in [2.75, 3.05) is 4.90 Å². The molecule has 0 spiro atoms. The van der Waals surface area contributed by atoms with Gasteiger partial charge in [-0.25, -0.2) is 4.90 Å². The zero-order valence-corrected chi connectivity index (χ0v) is 18.3. The number of benzene rings is 1. The zero-order chi connectivity index (χ0) is 22.7. The molecule has 2 aromatic rings. The zero-order valence-electron chi connectivity index (χ0n) is 16.0. The van der Waals surface area contributed by atoms with Crippen LogP contribution in [-0.2, 0) is 19.2 Å². The van der Waals surface area contributed by atoms with Gasteiger partial charge in [-0.2, -0.15) is 0 Å². The summed E-state index contributed by atoms with van der Waals surface area (Å²) in [4.78, 5) is 52.2. The number of hydrogen-bond donors (Lipinski definition) is 3. The van der Waals surface area contributed by atoms with Gasteiger partial charge in [0.1, 0.15) is 5.54 Å². The van der Waals surface area contributed by atoms with Gasteiger partial charge in [0.2, 0.25) is 11.8 Å². The fraction of sp³-hybridized carbons (Fsp3) is 0.300. The normalized spacial score (nSPS) is 27.6. The Bertz CT molecular complexity index is 1130. The summed E-state index contributed by atoms with van der Waals surface area (Å²) in [5.41, 5.74) is -1.21. The first-order chi connectivity index (χ1) is 14.6. The summed E-state index contributed by atoms with van der Waals surface area (Å²) < 4.78 is 0.415. The lowest BCUT2D eigenvalue weighted by molar-refractivity contribution is -0.154. The third-order valence-electron chi connectivity index (χ3n) is 5.78. The molecule has 2 aliphatic heterocycles. The number of carboxylic acid groups (broad SMARTS) is 2. The highest BCUT2D eigenvalue weighted by molar-refractivity contribution is 7.16. The number of carbonyl (C=O) groups is 4. The van der Waals surface area contributed by atoms with E-state index in [0.29, 0.717) is 14.2 Å². The summed E-state index contributed by atoms with van der Waals surface area (Å²) >= 11 is 13.3. The van der Waals surface area contributed by atoms with E-state index in [2.05, 4.69) is 5.32 Å². The Labute approximate surface area is 190 Å². The molecule has 31 heavy (non-hydrogen) atoms. The van der Waals surface area contributed by atoms with Crippen LogP contribution in [0.25, 0.3) is 0 Å². The molecule has 3 heterocycles. The van der Waals surface area contributed by atoms with Gasteiger partial charge in [-0.3, -0.25) is 24.5 Å². The van der Waals surface area contributed by atoms with E-state index >= 15 is 0 Å². The molecule has 0 saturated carbocycles. The van der Waals surface area contributed by atoms with Crippen molar-refractivity contribution in [2.24, 2.45) is 11.8 Å². The number of aryl methyl sites for hydroxylation is 1. The topological polar surface area (TPSA) is 124 Å². The molecule has 0 radical (unpaired) electrons. The highest BCUT2D eigenvalue weighted by atomic mass is 35.5. The third kappa shape index (κ3) is 3.32. The third-order valence-corrected chi connectivity index (χ3v) is 7.50. The van der Waals surface area contributed by atoms with Gasteiger partial charge in [-0.1, -0.05) is 29.3 Å². The number of nitrogens with one attached hydrogen (secondary N) is 1. The number of thiophene rings is 1. The van der Waals surface area contributed by atoms with Crippen molar-refractivity contribution in [1.82, 2.24) is 5.32 Å². The Balaban J connectivity index is 1.87. The molecule has 2 saturated heterocycles. The molecule has 1 aromatic carbocycles. The van der Waals surface area contributed by atoms with E-state index in [0.717, 1.165) is 21.8 Å². The second-order valence-corrected chi connectivity index (χ2v) is 9.71. The van der Waals surface area contributed by atoms with E-state index in [1.54, 1.807) is 31.2 Å². The second-order valence-electron chi connectivity index (χ2n) is 7.56. The van der Waals surface area contributed by atoms with Crippen LogP contribution in [0.2, 0.25) is 9.36 Å². The minimum absolute atomic E-state index is 0.206. The maximum absolute atomic E-state index is 13.4. The van der Waals surface area contributed by atoms with E-state index in [9.17, 15) is 29.4 Å². The van der Waals surface area contributed by atoms with Crippen LogP contribution in [0.5, 0.6) is 0 Å². The molecule has 4 unspecified atom stereocenters. The predicted octanol–water partition coefficient (Wildman–Crippen LogP) is 3.11. The van der Waals surface area contributed by atoms with Crippen LogP contribution < -0.4 is 10.2 Å². The Kier molecular flexibility index (Phi) is 5.33. The molecule has 11 heteroatoms. The second kappa shape index (κ2) is 7.59. The maximum Gasteiger partial charge on any atom is 0.325 e. The van der Waals surface area contributed by atoms with Gasteiger partial charge in [0.05, 0.1) is 34.3 Å². The van der Waals surface area contributed by atoms with Crippen molar-refractivity contribution in [1.29, 1.82) is 0 Å². The number of imide groups is 1. The van der Waals surface area contributed by atoms with E-state index in [-0.39, 0.29) is 5.69 Å². The summed E-state index contributed by atoms with van der Waals surface area (Å²) in [5.74, 6) is -6.85. The van der Waals surface area contributed by atoms with Crippen LogP contribution in [0.1, 0.15) is 22.9 Å². The van der Waals surface area contributed by atoms with Crippen LogP contribution in [0.4, 0.5) is 5.69 Å². The van der Waals surface area contributed by atoms with Crippen molar-refractivity contribution in [3.8, 4) is 0 Å². The van der Waals surface area contributed by atoms with Gasteiger partial charge in [-0.05, 0) is 36.8 Å². The summed E-state index contributed by atoms with van der Waals surface area (Å²) in [6, 6.07) is 6.97. The molecule has 162 valence electrons. The molecule has 0 aliphatic carbocycles. The molecule has 2 amide bonds. The highest BCUT2D eigenvalue weighted by Gasteiger charge is 2.69. The van der Waals surface area contributed by atoms with Gasteiger partial charge in [0, 0.05) is 9.90 Å². The van der Waals surface area contributed by atoms with Crippen LogP contribution in [0, 0.1) is 18.8 Å². The van der Waals surface area contributed by atoms with Crippen molar-refractivity contribution in [3.63, 3.8) is 0 Å². The number of hydrogen-bond acceptors (Lipinski definition) is 6. The molecule has 2 aliphatic rings. The number of carbonyl (C=O) groups excluding carboxylic acids is 2. The fourth-order valence-corrected chi connectivity index (χ4v) is 5.73. The Morgan fingerprint density at radius 1 is 1.16 bits per heavy atom. The number of aliphatic carboxylic acids is 2. The van der Waals surface area contributed by atoms with E-state index in [1.165, 1.54) is 6.07 Å². The minimum Gasteiger partial charge on any atom is -0.481 e. The van der Waals surface area contributed by atoms with Crippen LogP contribution in [-0.4, -0.2) is 39.5 Å². The molecule has 1 aromatic heterocycles. The Morgan fingerprint density at radius 3 is 2.42 bits per heavy atom. The van der Waals surface area contributed by atoms with Gasteiger partial charge in [0.15, 0.2) is 0 Å². The Morgan fingerprint density at radius 2 is 1.87 bits per heavy atom. The quantitative estimate of drug-likeness (QED) is 0.559. The standard InChI is InChI=1S/C20H16Cl2N2O6S/c1-8-2-3-9(6-10(8)21)24-17(27)14-15(18(24)28)20(19(29)30,7-13(25)26)23-16(14)11-4-5-12(22)31-11/h2-6,14-16,23H,7H2,1H3,(H,25,26)(H,29,30). The number of anilines is 1. The highest BCUT2D eigenvalue weighted by Crippen LogP contribution is 2.52. The first kappa shape index (κ1) is 21.8. The predicted molar refractivity (Wildman–Crippen MR) is 113 cm³/mol. The monoisotopic (exact) mass is 482 g/mol. The molecule has 4 rings (SSSR count). The summed E-state index contributed by atoms with van der Waals surface area (Å²) in [6.07, 6.45) is -0.874. The lowest BCUT2D eigenvalue weighted by Gasteiger charge is -2.29. The maximum atomic E-state index is 13.4. The minimum atomic E-state index is -2.16. The van der Waals surface area contributed by atoms with E-state index < -0.39 is 53.6 Å². The largest absolute Gasteiger partial charge is 0.481 e. The van der Waals surface area contributed by atoms with Crippen molar-refractivity contribution >= 4 is 64.0 Å². The number of carboxylic acids is 2. The first-order valence-electron chi connectivity index (χ1n) is 9.19. The lowest BCUT2D eigenvalue weighted by Crippen LogP contribution is -2.57. The summed E-state index contributed by atoms with van der Waals surface area (Å²) in [6.45, 7) is 1.76. The van der Waals surface area contributed by atoms with Crippen LogP contribution in [0.3, 0.4) is 0 Å². The van der Waals surface area contributed by atoms with E-state index in [4.69, 9.17) is 23.2 Å². The lowest BCUT2D eigenvalue weighted by atomic mass is 9.78. The van der Waals surface area contributed by atoms with Crippen LogP contribution >= 0.6 is 34.5 Å². The molecule has 3 N–H and O–H groups in total. The SMILES string of the molecule is Cc1ccc(N2C(=O)C3C(c4ccc(Cl)s4)NC(CC(=O)O)(C(=O)O)C3C2=O)cc1Cl. The van der Waals surface area contributed by atoms with Crippen LogP contribution in [0.15, 0.2) is 30.3 Å². The number of halogens is 2.